The first kappa shape index (κ1) is 11.5. The van der Waals surface area contributed by atoms with Gasteiger partial charge < -0.3 is 0 Å². The molecule has 1 rings (SSSR count). The molecule has 2 heteroatoms. The Morgan fingerprint density at radius 3 is 2.21 bits per heavy atom. The van der Waals surface area contributed by atoms with Crippen LogP contribution in [0.5, 0.6) is 0 Å². The minimum Gasteiger partial charge on any atom is -0.297 e. The number of nitrogens with zero attached hydrogens (tertiary/aromatic N) is 1. The van der Waals surface area contributed by atoms with Crippen LogP contribution in [0.4, 0.5) is 0 Å². The van der Waals surface area contributed by atoms with Gasteiger partial charge in [-0.1, -0.05) is 30.7 Å². The van der Waals surface area contributed by atoms with Gasteiger partial charge in [-0.05, 0) is 38.1 Å². The molecule has 0 aliphatic rings. The summed E-state index contributed by atoms with van der Waals surface area (Å²) < 4.78 is 0. The van der Waals surface area contributed by atoms with Gasteiger partial charge in [0, 0.05) is 17.6 Å². The molecule has 1 nitrogen and oxygen atoms in total. The standard InChI is InChI=1S/C12H18ClN/c1-4-14(10(2)3)9-11-5-7-12(13)8-6-11/h5-8,10H,4,9H2,1-3H3. The number of hydrogen-bond acceptors (Lipinski definition) is 1. The zero-order chi connectivity index (χ0) is 10.6. The Morgan fingerprint density at radius 2 is 1.79 bits per heavy atom. The van der Waals surface area contributed by atoms with E-state index in [9.17, 15) is 0 Å². The third-order valence-electron chi connectivity index (χ3n) is 2.44. The van der Waals surface area contributed by atoms with Gasteiger partial charge in [-0.25, -0.2) is 0 Å². The molecular formula is C12H18ClN. The minimum absolute atomic E-state index is 0.593. The average molecular weight is 212 g/mol. The summed E-state index contributed by atoms with van der Waals surface area (Å²) in [6.07, 6.45) is 0. The highest BCUT2D eigenvalue weighted by Gasteiger charge is 2.06. The fourth-order valence-corrected chi connectivity index (χ4v) is 1.61. The molecule has 0 fully saturated rings. The van der Waals surface area contributed by atoms with Crippen molar-refractivity contribution in [2.24, 2.45) is 0 Å². The minimum atomic E-state index is 0.593. The maximum absolute atomic E-state index is 5.83. The molecule has 0 saturated heterocycles. The van der Waals surface area contributed by atoms with Crippen LogP contribution in [0.25, 0.3) is 0 Å². The van der Waals surface area contributed by atoms with Crippen LogP contribution in [0.15, 0.2) is 24.3 Å². The Bertz CT molecular complexity index is 266. The van der Waals surface area contributed by atoms with Crippen molar-refractivity contribution in [3.8, 4) is 0 Å². The van der Waals surface area contributed by atoms with E-state index in [4.69, 9.17) is 11.6 Å². The van der Waals surface area contributed by atoms with Crippen LogP contribution in [0.3, 0.4) is 0 Å². The van der Waals surface area contributed by atoms with E-state index in [0.29, 0.717) is 6.04 Å². The molecule has 14 heavy (non-hydrogen) atoms. The first-order valence-corrected chi connectivity index (χ1v) is 5.49. The third kappa shape index (κ3) is 3.32. The zero-order valence-electron chi connectivity index (χ0n) is 9.13. The van der Waals surface area contributed by atoms with Crippen LogP contribution >= 0.6 is 11.6 Å². The van der Waals surface area contributed by atoms with E-state index in [-0.39, 0.29) is 0 Å². The normalized spacial score (nSPS) is 11.3. The van der Waals surface area contributed by atoms with Gasteiger partial charge in [0.2, 0.25) is 0 Å². The van der Waals surface area contributed by atoms with Crippen molar-refractivity contribution in [3.05, 3.63) is 34.9 Å². The molecule has 0 atom stereocenters. The Labute approximate surface area is 91.7 Å². The first-order chi connectivity index (χ1) is 6.63. The summed E-state index contributed by atoms with van der Waals surface area (Å²) in [6.45, 7) is 8.72. The second kappa shape index (κ2) is 5.38. The molecule has 0 unspecified atom stereocenters. The fraction of sp³-hybridized carbons (Fsp3) is 0.500. The molecule has 0 bridgehead atoms. The molecule has 1 aromatic rings. The topological polar surface area (TPSA) is 3.24 Å². The van der Waals surface area contributed by atoms with Crippen molar-refractivity contribution in [3.63, 3.8) is 0 Å². The van der Waals surface area contributed by atoms with Crippen molar-refractivity contribution < 1.29 is 0 Å². The molecule has 0 aliphatic heterocycles. The quantitative estimate of drug-likeness (QED) is 0.736. The Morgan fingerprint density at radius 1 is 1.21 bits per heavy atom. The van der Waals surface area contributed by atoms with Gasteiger partial charge >= 0.3 is 0 Å². The van der Waals surface area contributed by atoms with Gasteiger partial charge in [-0.15, -0.1) is 0 Å². The third-order valence-corrected chi connectivity index (χ3v) is 2.69. The van der Waals surface area contributed by atoms with Crippen molar-refractivity contribution in [2.75, 3.05) is 6.54 Å². The summed E-state index contributed by atoms with van der Waals surface area (Å²) in [6, 6.07) is 8.67. The van der Waals surface area contributed by atoms with Crippen LogP contribution in [-0.4, -0.2) is 17.5 Å². The summed E-state index contributed by atoms with van der Waals surface area (Å²) in [5.74, 6) is 0. The lowest BCUT2D eigenvalue weighted by atomic mass is 10.2. The molecule has 0 radical (unpaired) electrons. The van der Waals surface area contributed by atoms with Gasteiger partial charge in [0.15, 0.2) is 0 Å². The van der Waals surface area contributed by atoms with Gasteiger partial charge in [0.05, 0.1) is 0 Å². The lowest BCUT2D eigenvalue weighted by Gasteiger charge is -2.24. The average Bonchev–Trinajstić information content (AvgIpc) is 2.16. The maximum Gasteiger partial charge on any atom is 0.0406 e. The van der Waals surface area contributed by atoms with Crippen LogP contribution in [0, 0.1) is 0 Å². The highest BCUT2D eigenvalue weighted by atomic mass is 35.5. The van der Waals surface area contributed by atoms with E-state index in [1.807, 2.05) is 12.1 Å². The van der Waals surface area contributed by atoms with Crippen molar-refractivity contribution in [1.29, 1.82) is 0 Å². The molecule has 0 heterocycles. The van der Waals surface area contributed by atoms with Gasteiger partial charge in [0.1, 0.15) is 0 Å². The van der Waals surface area contributed by atoms with E-state index in [0.717, 1.165) is 18.1 Å². The number of rotatable bonds is 4. The largest absolute Gasteiger partial charge is 0.297 e. The van der Waals surface area contributed by atoms with Gasteiger partial charge in [-0.2, -0.15) is 0 Å². The van der Waals surface area contributed by atoms with E-state index >= 15 is 0 Å². The van der Waals surface area contributed by atoms with E-state index < -0.39 is 0 Å². The maximum atomic E-state index is 5.83. The predicted molar refractivity (Wildman–Crippen MR) is 62.7 cm³/mol. The highest BCUT2D eigenvalue weighted by Crippen LogP contribution is 2.12. The molecule has 1 aromatic carbocycles. The summed E-state index contributed by atoms with van der Waals surface area (Å²) >= 11 is 5.83. The predicted octanol–water partition coefficient (Wildman–Crippen LogP) is 3.57. The van der Waals surface area contributed by atoms with E-state index in [1.165, 1.54) is 5.56 Å². The second-order valence-electron chi connectivity index (χ2n) is 3.78. The molecule has 0 aliphatic carbocycles. The second-order valence-corrected chi connectivity index (χ2v) is 4.22. The molecule has 0 amide bonds. The van der Waals surface area contributed by atoms with Crippen LogP contribution in [0.2, 0.25) is 5.02 Å². The molecule has 78 valence electrons. The van der Waals surface area contributed by atoms with E-state index in [2.05, 4.69) is 37.8 Å². The first-order valence-electron chi connectivity index (χ1n) is 5.12. The SMILES string of the molecule is CCN(Cc1ccc(Cl)cc1)C(C)C. The molecule has 0 N–H and O–H groups in total. The lowest BCUT2D eigenvalue weighted by molar-refractivity contribution is 0.225. The number of halogens is 1. The smallest absolute Gasteiger partial charge is 0.0406 e. The Balaban J connectivity index is 2.63. The van der Waals surface area contributed by atoms with Crippen LogP contribution in [-0.2, 0) is 6.54 Å². The number of benzene rings is 1. The Hall–Kier alpha value is -0.530. The van der Waals surface area contributed by atoms with Crippen LogP contribution in [0.1, 0.15) is 26.3 Å². The Kier molecular flexibility index (Phi) is 4.43. The van der Waals surface area contributed by atoms with Gasteiger partial charge in [0.25, 0.3) is 0 Å². The van der Waals surface area contributed by atoms with E-state index in [1.54, 1.807) is 0 Å². The lowest BCUT2D eigenvalue weighted by Crippen LogP contribution is -2.29. The summed E-state index contributed by atoms with van der Waals surface area (Å²) in [7, 11) is 0. The van der Waals surface area contributed by atoms with Crippen molar-refractivity contribution in [1.82, 2.24) is 4.90 Å². The molecule has 0 spiro atoms. The zero-order valence-corrected chi connectivity index (χ0v) is 9.88. The fourth-order valence-electron chi connectivity index (χ4n) is 1.48. The van der Waals surface area contributed by atoms with Gasteiger partial charge in [-0.3, -0.25) is 4.90 Å². The highest BCUT2D eigenvalue weighted by molar-refractivity contribution is 6.30. The number of hydrogen-bond donors (Lipinski definition) is 0. The summed E-state index contributed by atoms with van der Waals surface area (Å²) in [5, 5.41) is 0.807. The van der Waals surface area contributed by atoms with Crippen molar-refractivity contribution in [2.45, 2.75) is 33.4 Å². The summed E-state index contributed by atoms with van der Waals surface area (Å²) in [5.41, 5.74) is 1.32. The summed E-state index contributed by atoms with van der Waals surface area (Å²) in [4.78, 5) is 2.42. The van der Waals surface area contributed by atoms with Crippen molar-refractivity contribution >= 4 is 11.6 Å². The molecular weight excluding hydrogens is 194 g/mol. The molecule has 0 aromatic heterocycles. The van der Waals surface area contributed by atoms with Crippen LogP contribution < -0.4 is 0 Å². The monoisotopic (exact) mass is 211 g/mol. The molecule has 0 saturated carbocycles.